The van der Waals surface area contributed by atoms with Crippen LogP contribution in [0.5, 0.6) is 5.75 Å². The molecule has 1 aliphatic rings. The van der Waals surface area contributed by atoms with Crippen molar-refractivity contribution < 1.29 is 19.1 Å². The van der Waals surface area contributed by atoms with Crippen molar-refractivity contribution in [2.24, 2.45) is 0 Å². The van der Waals surface area contributed by atoms with Crippen LogP contribution in [0.15, 0.2) is 59.1 Å². The average molecular weight is 419 g/mol. The Hall–Kier alpha value is -3.61. The number of aryl methyl sites for hydroxylation is 2. The van der Waals surface area contributed by atoms with Gasteiger partial charge in [0.2, 0.25) is 5.91 Å². The molecule has 1 N–H and O–H groups in total. The molecule has 1 saturated heterocycles. The zero-order valence-electron chi connectivity index (χ0n) is 17.5. The quantitative estimate of drug-likeness (QED) is 0.686. The SMILES string of the molecule is Cc1ccc(-c2cnc(CCC(=O)N3CCN(C(=O)c4ccccc4O)CC3)o2)cc1. The number of para-hydroxylation sites is 1. The van der Waals surface area contributed by atoms with Gasteiger partial charge in [-0.2, -0.15) is 0 Å². The third-order valence-electron chi connectivity index (χ3n) is 5.50. The fourth-order valence-electron chi connectivity index (χ4n) is 3.63. The van der Waals surface area contributed by atoms with Crippen LogP contribution in [0, 0.1) is 6.92 Å². The molecule has 0 unspecified atom stereocenters. The summed E-state index contributed by atoms with van der Waals surface area (Å²) in [5.74, 6) is 1.01. The monoisotopic (exact) mass is 419 g/mol. The van der Waals surface area contributed by atoms with Gasteiger partial charge in [0.25, 0.3) is 5.91 Å². The zero-order chi connectivity index (χ0) is 21.8. The van der Waals surface area contributed by atoms with Crippen LogP contribution < -0.4 is 0 Å². The van der Waals surface area contributed by atoms with Crippen LogP contribution in [0.25, 0.3) is 11.3 Å². The molecule has 1 fully saturated rings. The molecular formula is C24H25N3O4. The van der Waals surface area contributed by atoms with Crippen LogP contribution in [0.2, 0.25) is 0 Å². The van der Waals surface area contributed by atoms with E-state index in [9.17, 15) is 14.7 Å². The summed E-state index contributed by atoms with van der Waals surface area (Å²) in [6.07, 6.45) is 2.43. The lowest BCUT2D eigenvalue weighted by Gasteiger charge is -2.35. The molecule has 0 radical (unpaired) electrons. The molecule has 3 aromatic rings. The molecule has 1 aliphatic heterocycles. The van der Waals surface area contributed by atoms with Crippen LogP contribution in [-0.2, 0) is 11.2 Å². The topological polar surface area (TPSA) is 86.9 Å². The van der Waals surface area contributed by atoms with Gasteiger partial charge < -0.3 is 19.3 Å². The first-order valence-corrected chi connectivity index (χ1v) is 10.4. The summed E-state index contributed by atoms with van der Waals surface area (Å²) in [6, 6.07) is 14.5. The zero-order valence-corrected chi connectivity index (χ0v) is 17.5. The molecular weight excluding hydrogens is 394 g/mol. The molecule has 0 bridgehead atoms. The molecule has 7 heteroatoms. The normalized spacial score (nSPS) is 14.0. The van der Waals surface area contributed by atoms with E-state index in [1.54, 1.807) is 34.2 Å². The predicted molar refractivity (Wildman–Crippen MR) is 116 cm³/mol. The standard InChI is InChI=1S/C24H25N3O4/c1-17-6-8-18(9-7-17)21-16-25-22(31-21)10-11-23(29)26-12-14-27(15-13-26)24(30)19-4-2-3-5-20(19)28/h2-9,16,28H,10-15H2,1H3. The molecule has 0 spiro atoms. The number of aromatic nitrogens is 1. The number of aromatic hydroxyl groups is 1. The largest absolute Gasteiger partial charge is 0.507 e. The van der Waals surface area contributed by atoms with Crippen LogP contribution >= 0.6 is 0 Å². The molecule has 1 aromatic heterocycles. The van der Waals surface area contributed by atoms with Gasteiger partial charge in [-0.3, -0.25) is 9.59 Å². The van der Waals surface area contributed by atoms with Crippen molar-refractivity contribution in [2.75, 3.05) is 26.2 Å². The van der Waals surface area contributed by atoms with Crippen molar-refractivity contribution in [1.82, 2.24) is 14.8 Å². The van der Waals surface area contributed by atoms with E-state index in [0.29, 0.717) is 50.7 Å². The number of rotatable bonds is 5. The highest BCUT2D eigenvalue weighted by atomic mass is 16.4. The summed E-state index contributed by atoms with van der Waals surface area (Å²) >= 11 is 0. The Morgan fingerprint density at radius 3 is 2.39 bits per heavy atom. The van der Waals surface area contributed by atoms with Gasteiger partial charge in [-0.1, -0.05) is 42.0 Å². The van der Waals surface area contributed by atoms with E-state index in [2.05, 4.69) is 4.98 Å². The van der Waals surface area contributed by atoms with E-state index >= 15 is 0 Å². The number of amides is 2. The molecule has 0 atom stereocenters. The van der Waals surface area contributed by atoms with Gasteiger partial charge in [0, 0.05) is 44.6 Å². The Balaban J connectivity index is 1.27. The number of hydrogen-bond donors (Lipinski definition) is 1. The fraction of sp³-hybridized carbons (Fsp3) is 0.292. The number of benzene rings is 2. The van der Waals surface area contributed by atoms with Gasteiger partial charge >= 0.3 is 0 Å². The lowest BCUT2D eigenvalue weighted by Crippen LogP contribution is -2.50. The summed E-state index contributed by atoms with van der Waals surface area (Å²) in [4.78, 5) is 32.9. The van der Waals surface area contributed by atoms with Crippen molar-refractivity contribution in [3.63, 3.8) is 0 Å². The summed E-state index contributed by atoms with van der Waals surface area (Å²) in [7, 11) is 0. The van der Waals surface area contributed by atoms with Gasteiger partial charge in [-0.25, -0.2) is 4.98 Å². The maximum atomic E-state index is 12.6. The highest BCUT2D eigenvalue weighted by Gasteiger charge is 2.26. The Labute approximate surface area is 180 Å². The average Bonchev–Trinajstić information content (AvgIpc) is 3.27. The van der Waals surface area contributed by atoms with Crippen molar-refractivity contribution in [2.45, 2.75) is 19.8 Å². The minimum absolute atomic E-state index is 0.0183. The molecule has 2 heterocycles. The number of carbonyl (C=O) groups is 2. The lowest BCUT2D eigenvalue weighted by molar-refractivity contribution is -0.132. The van der Waals surface area contributed by atoms with Crippen LogP contribution in [0.3, 0.4) is 0 Å². The predicted octanol–water partition coefficient (Wildman–Crippen LogP) is 3.27. The van der Waals surface area contributed by atoms with Crippen molar-refractivity contribution in [3.8, 4) is 17.1 Å². The molecule has 2 amide bonds. The number of piperazine rings is 1. The van der Waals surface area contributed by atoms with E-state index in [1.165, 1.54) is 11.6 Å². The molecule has 31 heavy (non-hydrogen) atoms. The Morgan fingerprint density at radius 2 is 1.68 bits per heavy atom. The Morgan fingerprint density at radius 1 is 1.00 bits per heavy atom. The second-order valence-electron chi connectivity index (χ2n) is 7.67. The smallest absolute Gasteiger partial charge is 0.257 e. The highest BCUT2D eigenvalue weighted by molar-refractivity contribution is 5.97. The third-order valence-corrected chi connectivity index (χ3v) is 5.50. The number of nitrogens with zero attached hydrogens (tertiary/aromatic N) is 3. The van der Waals surface area contributed by atoms with E-state index in [1.807, 2.05) is 31.2 Å². The van der Waals surface area contributed by atoms with Gasteiger partial charge in [-0.15, -0.1) is 0 Å². The maximum Gasteiger partial charge on any atom is 0.257 e. The van der Waals surface area contributed by atoms with E-state index in [0.717, 1.165) is 5.56 Å². The van der Waals surface area contributed by atoms with Crippen molar-refractivity contribution >= 4 is 11.8 Å². The molecule has 0 aliphatic carbocycles. The lowest BCUT2D eigenvalue weighted by atomic mass is 10.1. The summed E-state index contributed by atoms with van der Waals surface area (Å²) in [5.41, 5.74) is 2.42. The number of phenolic OH excluding ortho intramolecular Hbond substituents is 1. The van der Waals surface area contributed by atoms with Crippen LogP contribution in [0.4, 0.5) is 0 Å². The van der Waals surface area contributed by atoms with Crippen molar-refractivity contribution in [1.29, 1.82) is 0 Å². The van der Waals surface area contributed by atoms with Gasteiger partial charge in [0.05, 0.1) is 11.8 Å². The molecule has 4 rings (SSSR count). The number of carbonyl (C=O) groups excluding carboxylic acids is 2. The van der Waals surface area contributed by atoms with E-state index in [-0.39, 0.29) is 23.1 Å². The number of hydrogen-bond acceptors (Lipinski definition) is 5. The molecule has 2 aromatic carbocycles. The fourth-order valence-corrected chi connectivity index (χ4v) is 3.63. The molecule has 160 valence electrons. The highest BCUT2D eigenvalue weighted by Crippen LogP contribution is 2.22. The molecule has 0 saturated carbocycles. The number of phenols is 1. The summed E-state index contributed by atoms with van der Waals surface area (Å²) in [5, 5.41) is 9.89. The van der Waals surface area contributed by atoms with Gasteiger partial charge in [0.15, 0.2) is 11.7 Å². The first-order chi connectivity index (χ1) is 15.0. The second-order valence-corrected chi connectivity index (χ2v) is 7.67. The van der Waals surface area contributed by atoms with Gasteiger partial charge in [0.1, 0.15) is 5.75 Å². The second kappa shape index (κ2) is 9.04. The minimum Gasteiger partial charge on any atom is -0.507 e. The first-order valence-electron chi connectivity index (χ1n) is 10.4. The maximum absolute atomic E-state index is 12.6. The van der Waals surface area contributed by atoms with Gasteiger partial charge in [-0.05, 0) is 19.1 Å². The first kappa shape index (κ1) is 20.7. The van der Waals surface area contributed by atoms with Crippen LogP contribution in [-0.4, -0.2) is 57.9 Å². The summed E-state index contributed by atoms with van der Waals surface area (Å²) in [6.45, 7) is 3.85. The van der Waals surface area contributed by atoms with E-state index < -0.39 is 0 Å². The molecule has 7 nitrogen and oxygen atoms in total. The minimum atomic E-state index is -0.214. The van der Waals surface area contributed by atoms with Crippen molar-refractivity contribution in [3.05, 3.63) is 71.7 Å². The Bertz CT molecular complexity index is 1070. The Kier molecular flexibility index (Phi) is 6.02. The van der Waals surface area contributed by atoms with E-state index in [4.69, 9.17) is 4.42 Å². The van der Waals surface area contributed by atoms with Crippen LogP contribution in [0.1, 0.15) is 28.2 Å². The third kappa shape index (κ3) is 4.77. The summed E-state index contributed by atoms with van der Waals surface area (Å²) < 4.78 is 5.80. The number of oxazole rings is 1.